The minimum absolute atomic E-state index is 0.413. The summed E-state index contributed by atoms with van der Waals surface area (Å²) in [7, 11) is 0. The van der Waals surface area contributed by atoms with Crippen LogP contribution < -0.4 is 0 Å². The molecule has 0 radical (unpaired) electrons. The molecule has 1 unspecified atom stereocenters. The fourth-order valence-electron chi connectivity index (χ4n) is 1.08. The molecular formula is C10H7F5O2. The first-order chi connectivity index (χ1) is 7.68. The predicted octanol–water partition coefficient (Wildman–Crippen LogP) is 2.43. The average Bonchev–Trinajstić information content (AvgIpc) is 2.26. The number of benzene rings is 1. The zero-order chi connectivity index (χ0) is 13.3. The average molecular weight is 254 g/mol. The molecule has 0 fully saturated rings. The third-order valence-electron chi connectivity index (χ3n) is 2.03. The molecule has 1 atom stereocenters. The van der Waals surface area contributed by atoms with Crippen molar-refractivity contribution in [2.75, 3.05) is 0 Å². The lowest BCUT2D eigenvalue weighted by atomic mass is 10.0. The Balaban J connectivity index is 2.99. The number of carbonyl (C=O) groups excluding carboxylic acids is 1. The van der Waals surface area contributed by atoms with Gasteiger partial charge in [0.05, 0.1) is 0 Å². The van der Waals surface area contributed by atoms with Crippen LogP contribution in [0.25, 0.3) is 0 Å². The van der Waals surface area contributed by atoms with E-state index in [4.69, 9.17) is 5.11 Å². The van der Waals surface area contributed by atoms with Crippen molar-refractivity contribution in [3.63, 3.8) is 0 Å². The number of aliphatic hydroxyl groups is 1. The molecule has 0 spiro atoms. The first-order valence-corrected chi connectivity index (χ1v) is 4.40. The molecule has 7 heteroatoms. The summed E-state index contributed by atoms with van der Waals surface area (Å²) < 4.78 is 61.0. The SMILES string of the molecule is O=C(c1ccccc1)C(O)C(F)(F)C(F)(F)F. The van der Waals surface area contributed by atoms with Gasteiger partial charge in [-0.3, -0.25) is 4.79 Å². The van der Waals surface area contributed by atoms with E-state index in [9.17, 15) is 26.7 Å². The summed E-state index contributed by atoms with van der Waals surface area (Å²) in [6, 6.07) is 6.10. The zero-order valence-electron chi connectivity index (χ0n) is 8.21. The summed E-state index contributed by atoms with van der Waals surface area (Å²) in [5.41, 5.74) is -0.413. The quantitative estimate of drug-likeness (QED) is 0.664. The summed E-state index contributed by atoms with van der Waals surface area (Å²) in [4.78, 5) is 11.2. The van der Waals surface area contributed by atoms with Gasteiger partial charge in [-0.25, -0.2) is 0 Å². The summed E-state index contributed by atoms with van der Waals surface area (Å²) >= 11 is 0. The highest BCUT2D eigenvalue weighted by atomic mass is 19.4. The highest BCUT2D eigenvalue weighted by molar-refractivity contribution is 6.00. The first kappa shape index (κ1) is 13.6. The molecule has 1 rings (SSSR count). The number of Topliss-reactive ketones (excluding diaryl/α,β-unsaturated/α-hetero) is 1. The van der Waals surface area contributed by atoms with Gasteiger partial charge in [-0.2, -0.15) is 22.0 Å². The molecule has 17 heavy (non-hydrogen) atoms. The van der Waals surface area contributed by atoms with Gasteiger partial charge in [-0.15, -0.1) is 0 Å². The highest BCUT2D eigenvalue weighted by Gasteiger charge is 2.64. The third-order valence-corrected chi connectivity index (χ3v) is 2.03. The van der Waals surface area contributed by atoms with E-state index in [-0.39, 0.29) is 0 Å². The van der Waals surface area contributed by atoms with Gasteiger partial charge in [0.1, 0.15) is 0 Å². The van der Waals surface area contributed by atoms with Gasteiger partial charge in [0.2, 0.25) is 0 Å². The zero-order valence-corrected chi connectivity index (χ0v) is 8.21. The van der Waals surface area contributed by atoms with Gasteiger partial charge in [-0.05, 0) is 0 Å². The molecule has 1 aromatic carbocycles. The van der Waals surface area contributed by atoms with E-state index in [1.54, 1.807) is 0 Å². The topological polar surface area (TPSA) is 37.3 Å². The van der Waals surface area contributed by atoms with Gasteiger partial charge in [0.25, 0.3) is 0 Å². The van der Waals surface area contributed by atoms with Crippen LogP contribution in [-0.4, -0.2) is 29.1 Å². The van der Waals surface area contributed by atoms with Gasteiger partial charge >= 0.3 is 12.1 Å². The molecule has 0 saturated carbocycles. The van der Waals surface area contributed by atoms with Gasteiger partial charge in [0, 0.05) is 5.56 Å². The number of hydrogen-bond acceptors (Lipinski definition) is 2. The fraction of sp³-hybridized carbons (Fsp3) is 0.300. The Morgan fingerprint density at radius 3 is 1.94 bits per heavy atom. The van der Waals surface area contributed by atoms with Crippen molar-refractivity contribution in [1.82, 2.24) is 0 Å². The second-order valence-corrected chi connectivity index (χ2v) is 3.25. The van der Waals surface area contributed by atoms with Crippen molar-refractivity contribution >= 4 is 5.78 Å². The van der Waals surface area contributed by atoms with Crippen molar-refractivity contribution < 1.29 is 31.9 Å². The minimum Gasteiger partial charge on any atom is -0.379 e. The van der Waals surface area contributed by atoms with Gasteiger partial charge < -0.3 is 5.11 Å². The maximum atomic E-state index is 12.7. The fourth-order valence-corrected chi connectivity index (χ4v) is 1.08. The Bertz CT molecular complexity index is 399. The molecule has 94 valence electrons. The van der Waals surface area contributed by atoms with Gasteiger partial charge in [-0.1, -0.05) is 30.3 Å². The Hall–Kier alpha value is -1.50. The Labute approximate surface area is 92.7 Å². The maximum absolute atomic E-state index is 12.7. The number of carbonyl (C=O) groups is 1. The summed E-state index contributed by atoms with van der Waals surface area (Å²) in [5.74, 6) is -7.15. The molecule has 0 aliphatic rings. The molecule has 1 N–H and O–H groups in total. The Kier molecular flexibility index (Phi) is 3.51. The van der Waals surface area contributed by atoms with Crippen LogP contribution in [0, 0.1) is 0 Å². The molecule has 0 aliphatic heterocycles. The van der Waals surface area contributed by atoms with Crippen LogP contribution in [0.1, 0.15) is 10.4 Å². The Morgan fingerprint density at radius 1 is 1.06 bits per heavy atom. The number of hydrogen-bond donors (Lipinski definition) is 1. The van der Waals surface area contributed by atoms with Crippen LogP contribution in [0.3, 0.4) is 0 Å². The smallest absolute Gasteiger partial charge is 0.379 e. The van der Waals surface area contributed by atoms with Crippen molar-refractivity contribution in [3.8, 4) is 0 Å². The second kappa shape index (κ2) is 4.40. The number of aliphatic hydroxyl groups excluding tert-OH is 1. The molecule has 0 aliphatic carbocycles. The number of alkyl halides is 5. The maximum Gasteiger partial charge on any atom is 0.456 e. The van der Waals surface area contributed by atoms with E-state index in [0.717, 1.165) is 12.1 Å². The number of rotatable bonds is 3. The first-order valence-electron chi connectivity index (χ1n) is 4.40. The normalized spacial score (nSPS) is 14.5. The van der Waals surface area contributed by atoms with Crippen LogP contribution >= 0.6 is 0 Å². The van der Waals surface area contributed by atoms with E-state index in [1.165, 1.54) is 18.2 Å². The van der Waals surface area contributed by atoms with Crippen LogP contribution in [-0.2, 0) is 0 Å². The van der Waals surface area contributed by atoms with Crippen molar-refractivity contribution in [2.45, 2.75) is 18.2 Å². The molecule has 0 bridgehead atoms. The number of ketones is 1. The van der Waals surface area contributed by atoms with E-state index in [0.29, 0.717) is 0 Å². The van der Waals surface area contributed by atoms with Crippen molar-refractivity contribution in [1.29, 1.82) is 0 Å². The number of halogens is 5. The van der Waals surface area contributed by atoms with Crippen molar-refractivity contribution in [3.05, 3.63) is 35.9 Å². The predicted molar refractivity (Wildman–Crippen MR) is 47.8 cm³/mol. The largest absolute Gasteiger partial charge is 0.456 e. The highest BCUT2D eigenvalue weighted by Crippen LogP contribution is 2.38. The van der Waals surface area contributed by atoms with E-state index in [2.05, 4.69) is 0 Å². The third kappa shape index (κ3) is 2.60. The molecule has 1 aromatic rings. The van der Waals surface area contributed by atoms with Crippen LogP contribution in [0.2, 0.25) is 0 Å². The molecule has 0 saturated heterocycles. The summed E-state index contributed by atoms with van der Waals surface area (Å²) in [6.07, 6.45) is -9.42. The standard InChI is InChI=1S/C10H7F5O2/c11-9(12,10(13,14)15)8(17)7(16)6-4-2-1-3-5-6/h1-5,8,17H. The minimum atomic E-state index is -5.98. The molecule has 0 aromatic heterocycles. The summed E-state index contributed by atoms with van der Waals surface area (Å²) in [5, 5.41) is 8.81. The molecule has 0 heterocycles. The molecule has 2 nitrogen and oxygen atoms in total. The van der Waals surface area contributed by atoms with Gasteiger partial charge in [0.15, 0.2) is 11.9 Å². The van der Waals surface area contributed by atoms with Crippen LogP contribution in [0.5, 0.6) is 0 Å². The van der Waals surface area contributed by atoms with Crippen LogP contribution in [0.4, 0.5) is 22.0 Å². The molecule has 0 amide bonds. The van der Waals surface area contributed by atoms with E-state index < -0.39 is 29.5 Å². The second-order valence-electron chi connectivity index (χ2n) is 3.25. The Morgan fingerprint density at radius 2 is 1.53 bits per heavy atom. The monoisotopic (exact) mass is 254 g/mol. The summed E-state index contributed by atoms with van der Waals surface area (Å²) in [6.45, 7) is 0. The van der Waals surface area contributed by atoms with Crippen molar-refractivity contribution in [2.24, 2.45) is 0 Å². The lowest BCUT2D eigenvalue weighted by Gasteiger charge is -2.23. The molecular weight excluding hydrogens is 247 g/mol. The lowest BCUT2D eigenvalue weighted by Crippen LogP contribution is -2.50. The lowest BCUT2D eigenvalue weighted by molar-refractivity contribution is -0.304. The van der Waals surface area contributed by atoms with Crippen LogP contribution in [0.15, 0.2) is 30.3 Å². The van der Waals surface area contributed by atoms with E-state index in [1.807, 2.05) is 0 Å². The van der Waals surface area contributed by atoms with E-state index >= 15 is 0 Å².